The highest BCUT2D eigenvalue weighted by Crippen LogP contribution is 2.20. The van der Waals surface area contributed by atoms with Crippen LogP contribution in [0.5, 0.6) is 5.75 Å². The molecule has 1 N–H and O–H groups in total. The van der Waals surface area contributed by atoms with Crippen molar-refractivity contribution < 1.29 is 9.84 Å². The zero-order valence-corrected chi connectivity index (χ0v) is 11.5. The van der Waals surface area contributed by atoms with Crippen molar-refractivity contribution in [3.05, 3.63) is 58.9 Å². The quantitative estimate of drug-likeness (QED) is 0.846. The molecule has 1 atom stereocenters. The van der Waals surface area contributed by atoms with Gasteiger partial charge in [-0.2, -0.15) is 0 Å². The number of aliphatic hydroxyl groups is 1. The van der Waals surface area contributed by atoms with E-state index in [0.29, 0.717) is 18.2 Å². The SMILES string of the molecule is CCC(O)c1ccc(OCc2ccc(Cl)nc2)cc1. The number of ether oxygens (including phenoxy) is 1. The first-order chi connectivity index (χ1) is 9.19. The Morgan fingerprint density at radius 3 is 2.53 bits per heavy atom. The lowest BCUT2D eigenvalue weighted by Gasteiger charge is -2.10. The highest BCUT2D eigenvalue weighted by molar-refractivity contribution is 6.29. The van der Waals surface area contributed by atoms with Gasteiger partial charge in [0.25, 0.3) is 0 Å². The van der Waals surface area contributed by atoms with E-state index in [0.717, 1.165) is 16.9 Å². The van der Waals surface area contributed by atoms with E-state index >= 15 is 0 Å². The third-order valence-electron chi connectivity index (χ3n) is 2.85. The highest BCUT2D eigenvalue weighted by Gasteiger charge is 2.04. The van der Waals surface area contributed by atoms with Gasteiger partial charge in [-0.15, -0.1) is 0 Å². The number of aromatic nitrogens is 1. The molecule has 2 rings (SSSR count). The summed E-state index contributed by atoms with van der Waals surface area (Å²) in [7, 11) is 0. The molecule has 0 aliphatic heterocycles. The van der Waals surface area contributed by atoms with E-state index in [1.807, 2.05) is 37.3 Å². The first-order valence-corrected chi connectivity index (χ1v) is 6.58. The molecule has 1 heterocycles. The van der Waals surface area contributed by atoms with Gasteiger partial charge in [-0.3, -0.25) is 0 Å². The maximum absolute atomic E-state index is 9.69. The third-order valence-corrected chi connectivity index (χ3v) is 3.07. The Balaban J connectivity index is 1.94. The van der Waals surface area contributed by atoms with E-state index in [1.165, 1.54) is 0 Å². The van der Waals surface area contributed by atoms with Crippen molar-refractivity contribution in [2.45, 2.75) is 26.1 Å². The standard InChI is InChI=1S/C15H16ClNO2/c1-2-14(18)12-4-6-13(7-5-12)19-10-11-3-8-15(16)17-9-11/h3-9,14,18H,2,10H2,1H3. The van der Waals surface area contributed by atoms with Crippen LogP contribution in [0.2, 0.25) is 5.15 Å². The fraction of sp³-hybridized carbons (Fsp3) is 0.267. The topological polar surface area (TPSA) is 42.4 Å². The Bertz CT molecular complexity index is 511. The Kier molecular flexibility index (Phi) is 4.77. The van der Waals surface area contributed by atoms with E-state index < -0.39 is 6.10 Å². The maximum Gasteiger partial charge on any atom is 0.129 e. The minimum absolute atomic E-state index is 0.408. The van der Waals surface area contributed by atoms with Gasteiger partial charge in [0.2, 0.25) is 0 Å². The first kappa shape index (κ1) is 13.8. The van der Waals surface area contributed by atoms with Crippen molar-refractivity contribution in [3.63, 3.8) is 0 Å². The summed E-state index contributed by atoms with van der Waals surface area (Å²) >= 11 is 5.71. The van der Waals surface area contributed by atoms with Gasteiger partial charge < -0.3 is 9.84 Å². The van der Waals surface area contributed by atoms with Crippen LogP contribution in [0.15, 0.2) is 42.6 Å². The van der Waals surface area contributed by atoms with Crippen molar-refractivity contribution in [2.24, 2.45) is 0 Å². The minimum Gasteiger partial charge on any atom is -0.489 e. The van der Waals surface area contributed by atoms with Crippen LogP contribution in [-0.4, -0.2) is 10.1 Å². The van der Waals surface area contributed by atoms with Crippen LogP contribution in [0.25, 0.3) is 0 Å². The average Bonchev–Trinajstić information content (AvgIpc) is 2.46. The zero-order chi connectivity index (χ0) is 13.7. The number of halogens is 1. The number of nitrogens with zero attached hydrogens (tertiary/aromatic N) is 1. The van der Waals surface area contributed by atoms with Crippen molar-refractivity contribution in [1.82, 2.24) is 4.98 Å². The largest absolute Gasteiger partial charge is 0.489 e. The maximum atomic E-state index is 9.69. The first-order valence-electron chi connectivity index (χ1n) is 6.20. The molecule has 4 heteroatoms. The monoisotopic (exact) mass is 277 g/mol. The van der Waals surface area contributed by atoms with Crippen LogP contribution < -0.4 is 4.74 Å². The van der Waals surface area contributed by atoms with Crippen molar-refractivity contribution in [3.8, 4) is 5.75 Å². The van der Waals surface area contributed by atoms with E-state index in [-0.39, 0.29) is 0 Å². The smallest absolute Gasteiger partial charge is 0.129 e. The lowest BCUT2D eigenvalue weighted by Crippen LogP contribution is -1.98. The predicted molar refractivity (Wildman–Crippen MR) is 75.3 cm³/mol. The lowest BCUT2D eigenvalue weighted by molar-refractivity contribution is 0.173. The van der Waals surface area contributed by atoms with Crippen LogP contribution in [0, 0.1) is 0 Å². The lowest BCUT2D eigenvalue weighted by atomic mass is 10.1. The zero-order valence-electron chi connectivity index (χ0n) is 10.7. The Hall–Kier alpha value is -1.58. The molecule has 19 heavy (non-hydrogen) atoms. The molecule has 0 aliphatic rings. The molecule has 0 bridgehead atoms. The molecule has 1 aromatic heterocycles. The van der Waals surface area contributed by atoms with Crippen LogP contribution in [0.1, 0.15) is 30.6 Å². The van der Waals surface area contributed by atoms with Crippen LogP contribution >= 0.6 is 11.6 Å². The molecule has 1 unspecified atom stereocenters. The summed E-state index contributed by atoms with van der Waals surface area (Å²) in [5, 5.41) is 10.2. The summed E-state index contributed by atoms with van der Waals surface area (Å²) in [5.41, 5.74) is 1.87. The number of pyridine rings is 1. The molecule has 0 radical (unpaired) electrons. The van der Waals surface area contributed by atoms with Gasteiger partial charge in [-0.05, 0) is 30.2 Å². The summed E-state index contributed by atoms with van der Waals surface area (Å²) in [5.74, 6) is 0.766. The van der Waals surface area contributed by atoms with Crippen LogP contribution in [0.3, 0.4) is 0 Å². The average molecular weight is 278 g/mol. The Labute approximate surface area is 117 Å². The number of hydrogen-bond donors (Lipinski definition) is 1. The van der Waals surface area contributed by atoms with Gasteiger partial charge in [-0.25, -0.2) is 4.98 Å². The van der Waals surface area contributed by atoms with Crippen LogP contribution in [-0.2, 0) is 6.61 Å². The molecule has 0 saturated heterocycles. The fourth-order valence-corrected chi connectivity index (χ4v) is 1.79. The van der Waals surface area contributed by atoms with Crippen molar-refractivity contribution >= 4 is 11.6 Å². The summed E-state index contributed by atoms with van der Waals surface area (Å²) in [6.45, 7) is 2.39. The molecular formula is C15H16ClNO2. The summed E-state index contributed by atoms with van der Waals surface area (Å²) in [6, 6.07) is 11.1. The minimum atomic E-state index is -0.408. The van der Waals surface area contributed by atoms with E-state index in [2.05, 4.69) is 4.98 Å². The molecule has 0 saturated carbocycles. The Morgan fingerprint density at radius 1 is 1.21 bits per heavy atom. The van der Waals surface area contributed by atoms with Gasteiger partial charge in [0, 0.05) is 11.8 Å². The van der Waals surface area contributed by atoms with Gasteiger partial charge >= 0.3 is 0 Å². The number of benzene rings is 1. The molecule has 3 nitrogen and oxygen atoms in total. The van der Waals surface area contributed by atoms with Gasteiger partial charge in [0.05, 0.1) is 6.10 Å². The predicted octanol–water partition coefficient (Wildman–Crippen LogP) is 3.76. The molecular weight excluding hydrogens is 262 g/mol. The van der Waals surface area contributed by atoms with Crippen molar-refractivity contribution in [1.29, 1.82) is 0 Å². The fourth-order valence-electron chi connectivity index (χ4n) is 1.68. The summed E-state index contributed by atoms with van der Waals surface area (Å²) < 4.78 is 5.64. The molecule has 0 fully saturated rings. The molecule has 1 aromatic carbocycles. The molecule has 0 amide bonds. The highest BCUT2D eigenvalue weighted by atomic mass is 35.5. The Morgan fingerprint density at radius 2 is 1.95 bits per heavy atom. The second-order valence-electron chi connectivity index (χ2n) is 4.27. The second-order valence-corrected chi connectivity index (χ2v) is 4.66. The number of aliphatic hydroxyl groups excluding tert-OH is 1. The molecule has 2 aromatic rings. The summed E-state index contributed by atoms with van der Waals surface area (Å²) in [4.78, 5) is 3.99. The van der Waals surface area contributed by atoms with E-state index in [1.54, 1.807) is 12.3 Å². The normalized spacial score (nSPS) is 12.2. The molecule has 100 valence electrons. The van der Waals surface area contributed by atoms with Gasteiger partial charge in [0.15, 0.2) is 0 Å². The van der Waals surface area contributed by atoms with Gasteiger partial charge in [-0.1, -0.05) is 36.7 Å². The third kappa shape index (κ3) is 3.94. The second kappa shape index (κ2) is 6.55. The van der Waals surface area contributed by atoms with Crippen molar-refractivity contribution in [2.75, 3.05) is 0 Å². The summed E-state index contributed by atoms with van der Waals surface area (Å²) in [6.07, 6.45) is 1.99. The van der Waals surface area contributed by atoms with E-state index in [4.69, 9.17) is 16.3 Å². The van der Waals surface area contributed by atoms with E-state index in [9.17, 15) is 5.11 Å². The number of rotatable bonds is 5. The number of hydrogen-bond acceptors (Lipinski definition) is 3. The van der Waals surface area contributed by atoms with Gasteiger partial charge in [0.1, 0.15) is 17.5 Å². The molecule has 0 spiro atoms. The molecule has 0 aliphatic carbocycles. The van der Waals surface area contributed by atoms with Crippen LogP contribution in [0.4, 0.5) is 0 Å².